The third kappa shape index (κ3) is 3.08. The molecule has 1 atom stereocenters. The number of hydrogen-bond donors (Lipinski definition) is 2. The number of nitrogens with two attached hydrogens (primary N) is 1. The summed E-state index contributed by atoms with van der Waals surface area (Å²) in [5.74, 6) is 5.85. The van der Waals surface area contributed by atoms with Crippen LogP contribution in [0, 0.1) is 5.82 Å². The molecule has 3 N–H and O–H groups in total. The largest absolute Gasteiger partial charge is 0.271 e. The molecule has 0 saturated heterocycles. The van der Waals surface area contributed by atoms with Gasteiger partial charge in [0.25, 0.3) is 0 Å². The number of halogens is 2. The van der Waals surface area contributed by atoms with Crippen molar-refractivity contribution >= 4 is 15.9 Å². The van der Waals surface area contributed by atoms with Gasteiger partial charge in [0.05, 0.1) is 10.5 Å². The molecule has 0 fully saturated rings. The van der Waals surface area contributed by atoms with Gasteiger partial charge < -0.3 is 0 Å². The summed E-state index contributed by atoms with van der Waals surface area (Å²) in [6, 6.07) is 12.9. The Balaban J connectivity index is 2.39. The summed E-state index contributed by atoms with van der Waals surface area (Å²) in [6.07, 6.45) is 0. The highest BCUT2D eigenvalue weighted by molar-refractivity contribution is 9.10. The molecular formula is C16H18BrFN2. The zero-order chi connectivity index (χ0) is 14.7. The molecule has 0 aromatic heterocycles. The summed E-state index contributed by atoms with van der Waals surface area (Å²) in [7, 11) is 0. The molecule has 1 unspecified atom stereocenters. The van der Waals surface area contributed by atoms with Crippen molar-refractivity contribution in [2.24, 2.45) is 5.84 Å². The van der Waals surface area contributed by atoms with Crippen LogP contribution in [-0.2, 0) is 0 Å². The number of nitrogens with one attached hydrogen (secondary N) is 1. The molecule has 0 bridgehead atoms. The highest BCUT2D eigenvalue weighted by Crippen LogP contribution is 2.30. The zero-order valence-electron chi connectivity index (χ0n) is 11.5. The Morgan fingerprint density at radius 1 is 1.05 bits per heavy atom. The Morgan fingerprint density at radius 3 is 2.20 bits per heavy atom. The third-order valence-corrected chi connectivity index (χ3v) is 4.23. The van der Waals surface area contributed by atoms with E-state index >= 15 is 0 Å². The molecule has 0 radical (unpaired) electrons. The van der Waals surface area contributed by atoms with Crippen LogP contribution in [0.4, 0.5) is 4.39 Å². The first kappa shape index (κ1) is 15.2. The van der Waals surface area contributed by atoms with Crippen molar-refractivity contribution in [3.05, 3.63) is 69.4 Å². The first-order valence-corrected chi connectivity index (χ1v) is 7.33. The van der Waals surface area contributed by atoms with Crippen molar-refractivity contribution < 1.29 is 4.39 Å². The van der Waals surface area contributed by atoms with Crippen LogP contribution in [0.15, 0.2) is 46.9 Å². The predicted octanol–water partition coefficient (Wildman–Crippen LogP) is 4.26. The van der Waals surface area contributed by atoms with E-state index < -0.39 is 0 Å². The molecule has 0 heterocycles. The second-order valence-corrected chi connectivity index (χ2v) is 5.86. The van der Waals surface area contributed by atoms with Gasteiger partial charge in [-0.3, -0.25) is 5.84 Å². The molecule has 2 nitrogen and oxygen atoms in total. The predicted molar refractivity (Wildman–Crippen MR) is 83.8 cm³/mol. The molecule has 2 aromatic carbocycles. The van der Waals surface area contributed by atoms with Crippen LogP contribution in [0.1, 0.15) is 42.5 Å². The summed E-state index contributed by atoms with van der Waals surface area (Å²) in [5.41, 5.74) is 5.81. The highest BCUT2D eigenvalue weighted by atomic mass is 79.9. The summed E-state index contributed by atoms with van der Waals surface area (Å²) < 4.78 is 14.1. The maximum absolute atomic E-state index is 13.6. The van der Waals surface area contributed by atoms with Gasteiger partial charge in [-0.05, 0) is 44.6 Å². The van der Waals surface area contributed by atoms with E-state index in [-0.39, 0.29) is 11.9 Å². The monoisotopic (exact) mass is 336 g/mol. The lowest BCUT2D eigenvalue weighted by Gasteiger charge is -2.19. The molecule has 20 heavy (non-hydrogen) atoms. The Hall–Kier alpha value is -1.23. The van der Waals surface area contributed by atoms with Crippen molar-refractivity contribution in [3.63, 3.8) is 0 Å². The number of benzene rings is 2. The average Bonchev–Trinajstić information content (AvgIpc) is 2.45. The molecule has 4 heteroatoms. The van der Waals surface area contributed by atoms with Crippen LogP contribution in [0.2, 0.25) is 0 Å². The lowest BCUT2D eigenvalue weighted by Crippen LogP contribution is -2.29. The SMILES string of the molecule is CC(C)c1ccc(C(NN)c2cccc(F)c2Br)cc1. The van der Waals surface area contributed by atoms with E-state index in [0.717, 1.165) is 11.1 Å². The van der Waals surface area contributed by atoms with Gasteiger partial charge in [-0.25, -0.2) is 9.82 Å². The van der Waals surface area contributed by atoms with Crippen LogP contribution in [-0.4, -0.2) is 0 Å². The minimum atomic E-state index is -0.290. The van der Waals surface area contributed by atoms with E-state index in [1.165, 1.54) is 11.6 Å². The smallest absolute Gasteiger partial charge is 0.137 e. The fraction of sp³-hybridized carbons (Fsp3) is 0.250. The van der Waals surface area contributed by atoms with Gasteiger partial charge in [-0.1, -0.05) is 50.2 Å². The van der Waals surface area contributed by atoms with Crippen molar-refractivity contribution in [1.29, 1.82) is 0 Å². The Morgan fingerprint density at radius 2 is 1.65 bits per heavy atom. The van der Waals surface area contributed by atoms with E-state index in [0.29, 0.717) is 10.4 Å². The van der Waals surface area contributed by atoms with E-state index in [1.807, 2.05) is 18.2 Å². The topological polar surface area (TPSA) is 38.0 Å². The molecular weight excluding hydrogens is 319 g/mol. The summed E-state index contributed by atoms with van der Waals surface area (Å²) in [5, 5.41) is 0. The van der Waals surface area contributed by atoms with Crippen LogP contribution in [0.5, 0.6) is 0 Å². The lowest BCUT2D eigenvalue weighted by molar-refractivity contribution is 0.597. The van der Waals surface area contributed by atoms with Gasteiger partial charge in [0.2, 0.25) is 0 Å². The molecule has 0 saturated carbocycles. The Kier molecular flexibility index (Phi) is 4.91. The molecule has 0 aliphatic heterocycles. The molecule has 0 aliphatic carbocycles. The maximum Gasteiger partial charge on any atom is 0.137 e. The summed E-state index contributed by atoms with van der Waals surface area (Å²) in [4.78, 5) is 0. The number of hydrazine groups is 1. The van der Waals surface area contributed by atoms with Gasteiger partial charge >= 0.3 is 0 Å². The highest BCUT2D eigenvalue weighted by Gasteiger charge is 2.17. The van der Waals surface area contributed by atoms with Crippen molar-refractivity contribution in [3.8, 4) is 0 Å². The minimum Gasteiger partial charge on any atom is -0.271 e. The molecule has 2 rings (SSSR count). The first-order chi connectivity index (χ1) is 9.54. The van der Waals surface area contributed by atoms with Crippen LogP contribution in [0.3, 0.4) is 0 Å². The minimum absolute atomic E-state index is 0.249. The van der Waals surface area contributed by atoms with E-state index in [4.69, 9.17) is 5.84 Å². The molecule has 0 aliphatic rings. The number of hydrogen-bond acceptors (Lipinski definition) is 2. The Bertz CT molecular complexity index is 582. The van der Waals surface area contributed by atoms with Crippen molar-refractivity contribution in [2.45, 2.75) is 25.8 Å². The van der Waals surface area contributed by atoms with Gasteiger partial charge in [-0.15, -0.1) is 0 Å². The van der Waals surface area contributed by atoms with Gasteiger partial charge in [0.1, 0.15) is 5.82 Å². The van der Waals surface area contributed by atoms with Gasteiger partial charge in [0.15, 0.2) is 0 Å². The Labute approximate surface area is 127 Å². The normalized spacial score (nSPS) is 12.7. The molecule has 0 amide bonds. The molecule has 106 valence electrons. The third-order valence-electron chi connectivity index (χ3n) is 3.40. The van der Waals surface area contributed by atoms with Crippen molar-refractivity contribution in [1.82, 2.24) is 5.43 Å². The van der Waals surface area contributed by atoms with Crippen molar-refractivity contribution in [2.75, 3.05) is 0 Å². The van der Waals surface area contributed by atoms with E-state index in [1.54, 1.807) is 6.07 Å². The fourth-order valence-corrected chi connectivity index (χ4v) is 2.68. The average molecular weight is 337 g/mol. The van der Waals surface area contributed by atoms with Crippen LogP contribution < -0.4 is 11.3 Å². The van der Waals surface area contributed by atoms with E-state index in [9.17, 15) is 4.39 Å². The second kappa shape index (κ2) is 6.48. The lowest BCUT2D eigenvalue weighted by atomic mass is 9.95. The maximum atomic E-state index is 13.6. The summed E-state index contributed by atoms with van der Waals surface area (Å²) in [6.45, 7) is 4.30. The summed E-state index contributed by atoms with van der Waals surface area (Å²) >= 11 is 3.29. The van der Waals surface area contributed by atoms with Gasteiger partial charge in [0, 0.05) is 0 Å². The van der Waals surface area contributed by atoms with Crippen LogP contribution >= 0.6 is 15.9 Å². The molecule has 0 spiro atoms. The second-order valence-electron chi connectivity index (χ2n) is 5.06. The fourth-order valence-electron chi connectivity index (χ4n) is 2.18. The first-order valence-electron chi connectivity index (χ1n) is 6.54. The van der Waals surface area contributed by atoms with Gasteiger partial charge in [-0.2, -0.15) is 0 Å². The van der Waals surface area contributed by atoms with E-state index in [2.05, 4.69) is 47.3 Å². The quantitative estimate of drug-likeness (QED) is 0.646. The standard InChI is InChI=1S/C16H18BrFN2/c1-10(2)11-6-8-12(9-7-11)16(20-19)13-4-3-5-14(18)15(13)17/h3-10,16,20H,19H2,1-2H3. The molecule has 2 aromatic rings. The van der Waals surface area contributed by atoms with Crippen LogP contribution in [0.25, 0.3) is 0 Å². The number of rotatable bonds is 4. The zero-order valence-corrected chi connectivity index (χ0v) is 13.1.